The van der Waals surface area contributed by atoms with Crippen LogP contribution in [0.2, 0.25) is 0 Å². The fourth-order valence-corrected chi connectivity index (χ4v) is 15.5. The molecular formula is C66H76BN3. The van der Waals surface area contributed by atoms with E-state index < -0.39 is 0 Å². The second-order valence-electron chi connectivity index (χ2n) is 28.1. The number of nitrogens with zero attached hydrogens (tertiary/aromatic N) is 3. The Labute approximate surface area is 420 Å². The zero-order valence-electron chi connectivity index (χ0n) is 45.4. The maximum absolute atomic E-state index is 2.95. The van der Waals surface area contributed by atoms with Gasteiger partial charge in [0.2, 0.25) is 0 Å². The van der Waals surface area contributed by atoms with Gasteiger partial charge < -0.3 is 14.4 Å². The Bertz CT molecular complexity index is 3470. The molecule has 0 saturated heterocycles. The zero-order valence-corrected chi connectivity index (χ0v) is 45.4. The molecule has 3 nitrogen and oxygen atoms in total. The highest BCUT2D eigenvalue weighted by atomic mass is 15.3. The van der Waals surface area contributed by atoms with Crippen LogP contribution in [0, 0.1) is 0 Å². The van der Waals surface area contributed by atoms with E-state index in [0.717, 1.165) is 19.3 Å². The molecule has 1 aromatic heterocycles. The first-order chi connectivity index (χ1) is 32.7. The molecule has 5 heterocycles. The molecule has 6 aliphatic rings. The largest absolute Gasteiger partial charge is 0.334 e. The Morgan fingerprint density at radius 2 is 1.09 bits per heavy atom. The molecular weight excluding hydrogens is 846 g/mol. The number of benzene rings is 6. The molecule has 70 heavy (non-hydrogen) atoms. The molecule has 7 aromatic rings. The van der Waals surface area contributed by atoms with Crippen LogP contribution in [0.4, 0.5) is 22.7 Å². The molecule has 0 radical (unpaired) electrons. The molecule has 1 fully saturated rings. The van der Waals surface area contributed by atoms with Gasteiger partial charge in [0, 0.05) is 55.6 Å². The predicted octanol–water partition coefficient (Wildman–Crippen LogP) is 15.1. The molecule has 1 saturated carbocycles. The molecule has 4 heteroatoms. The van der Waals surface area contributed by atoms with Crippen molar-refractivity contribution in [3.05, 3.63) is 142 Å². The van der Waals surface area contributed by atoms with E-state index in [9.17, 15) is 0 Å². The molecule has 4 atom stereocenters. The second-order valence-corrected chi connectivity index (χ2v) is 28.1. The van der Waals surface area contributed by atoms with Crippen LogP contribution in [0.25, 0.3) is 27.5 Å². The number of rotatable bonds is 1. The average Bonchev–Trinajstić information content (AvgIpc) is 3.81. The number of aromatic nitrogens is 1. The van der Waals surface area contributed by atoms with Crippen LogP contribution in [-0.2, 0) is 44.4 Å². The lowest BCUT2D eigenvalue weighted by molar-refractivity contribution is 0.194. The molecule has 13 rings (SSSR count). The summed E-state index contributed by atoms with van der Waals surface area (Å²) in [5.41, 5.74) is 25.3. The molecule has 0 N–H and O–H groups in total. The monoisotopic (exact) mass is 922 g/mol. The smallest absolute Gasteiger partial charge is 0.252 e. The summed E-state index contributed by atoms with van der Waals surface area (Å²) < 4.78 is 2.76. The quantitative estimate of drug-likeness (QED) is 0.152. The highest BCUT2D eigenvalue weighted by molar-refractivity contribution is 7.00. The lowest BCUT2D eigenvalue weighted by atomic mass is 9.33. The minimum absolute atomic E-state index is 0.00781. The van der Waals surface area contributed by atoms with Gasteiger partial charge in [0.05, 0.1) is 16.6 Å². The third kappa shape index (κ3) is 5.39. The van der Waals surface area contributed by atoms with Gasteiger partial charge in [-0.3, -0.25) is 0 Å². The van der Waals surface area contributed by atoms with Gasteiger partial charge in [-0.15, -0.1) is 0 Å². The van der Waals surface area contributed by atoms with Crippen LogP contribution >= 0.6 is 0 Å². The molecule has 0 amide bonds. The SMILES string of the molecule is CC(C)(C)c1ccc2c(c1)C1(C)CCCCC1(C)N2c1cc2c3c(c1)-n1c4ccc(C(C)(C)C)cc4c4cc(C(C)(C)C)cc(c41)B3c1cc(C(C)(C)C)cc3c1N2C1(C)c2ccccc2CCC31C. The molecule has 4 aliphatic heterocycles. The van der Waals surface area contributed by atoms with Crippen molar-refractivity contribution in [3.8, 4) is 5.69 Å². The normalized spacial score (nSPS) is 25.2. The summed E-state index contributed by atoms with van der Waals surface area (Å²) in [5.74, 6) is 0. The maximum Gasteiger partial charge on any atom is 0.252 e. The summed E-state index contributed by atoms with van der Waals surface area (Å²) in [5, 5.41) is 2.76. The van der Waals surface area contributed by atoms with Crippen molar-refractivity contribution in [2.45, 2.75) is 193 Å². The van der Waals surface area contributed by atoms with E-state index >= 15 is 0 Å². The summed E-state index contributed by atoms with van der Waals surface area (Å²) in [6, 6.07) is 40.6. The van der Waals surface area contributed by atoms with Gasteiger partial charge in [-0.05, 0) is 158 Å². The maximum atomic E-state index is 2.95. The van der Waals surface area contributed by atoms with Crippen molar-refractivity contribution in [3.63, 3.8) is 0 Å². The van der Waals surface area contributed by atoms with Crippen molar-refractivity contribution >= 4 is 67.7 Å². The minimum atomic E-state index is -0.330. The van der Waals surface area contributed by atoms with Crippen molar-refractivity contribution in [2.75, 3.05) is 9.80 Å². The van der Waals surface area contributed by atoms with E-state index in [1.54, 1.807) is 11.1 Å². The van der Waals surface area contributed by atoms with Crippen LogP contribution in [0.3, 0.4) is 0 Å². The summed E-state index contributed by atoms with van der Waals surface area (Å²) in [6.07, 6.45) is 7.09. The van der Waals surface area contributed by atoms with Gasteiger partial charge in [-0.25, -0.2) is 0 Å². The molecule has 2 aliphatic carbocycles. The molecule has 358 valence electrons. The number of hydrogen-bond donors (Lipinski definition) is 0. The second kappa shape index (κ2) is 13.4. The highest BCUT2D eigenvalue weighted by Crippen LogP contribution is 2.66. The molecule has 6 aromatic carbocycles. The van der Waals surface area contributed by atoms with E-state index in [0.29, 0.717) is 0 Å². The van der Waals surface area contributed by atoms with Crippen molar-refractivity contribution in [1.29, 1.82) is 0 Å². The van der Waals surface area contributed by atoms with Crippen LogP contribution in [-0.4, -0.2) is 16.8 Å². The zero-order chi connectivity index (χ0) is 49.4. The number of aryl methyl sites for hydroxylation is 1. The van der Waals surface area contributed by atoms with Crippen molar-refractivity contribution in [1.82, 2.24) is 4.57 Å². The van der Waals surface area contributed by atoms with Crippen LogP contribution < -0.4 is 26.2 Å². The van der Waals surface area contributed by atoms with Crippen LogP contribution in [0.15, 0.2) is 97.1 Å². The summed E-state index contributed by atoms with van der Waals surface area (Å²) in [7, 11) is 0. The van der Waals surface area contributed by atoms with Gasteiger partial charge in [-0.1, -0.05) is 170 Å². The van der Waals surface area contributed by atoms with Crippen molar-refractivity contribution in [2.24, 2.45) is 0 Å². The molecule has 4 unspecified atom stereocenters. The van der Waals surface area contributed by atoms with Crippen LogP contribution in [0.1, 0.15) is 187 Å². The van der Waals surface area contributed by atoms with Crippen LogP contribution in [0.5, 0.6) is 0 Å². The Balaban J connectivity index is 1.22. The first kappa shape index (κ1) is 44.7. The number of hydrogen-bond acceptors (Lipinski definition) is 2. The average molecular weight is 922 g/mol. The summed E-state index contributed by atoms with van der Waals surface area (Å²) >= 11 is 0. The van der Waals surface area contributed by atoms with Gasteiger partial charge in [0.15, 0.2) is 0 Å². The summed E-state index contributed by atoms with van der Waals surface area (Å²) in [6.45, 7) is 39.4. The fraction of sp³-hybridized carbons (Fsp3) is 0.455. The lowest BCUT2D eigenvalue weighted by Gasteiger charge is -2.53. The van der Waals surface area contributed by atoms with E-state index in [-0.39, 0.29) is 50.3 Å². The molecule has 0 spiro atoms. The third-order valence-electron chi connectivity index (χ3n) is 20.1. The Hall–Kier alpha value is -5.22. The Morgan fingerprint density at radius 3 is 1.80 bits per heavy atom. The highest BCUT2D eigenvalue weighted by Gasteiger charge is 2.64. The molecule has 0 bridgehead atoms. The Morgan fingerprint density at radius 1 is 0.486 bits per heavy atom. The van der Waals surface area contributed by atoms with Gasteiger partial charge in [0.1, 0.15) is 0 Å². The van der Waals surface area contributed by atoms with E-state index in [4.69, 9.17) is 0 Å². The number of anilines is 4. The first-order valence-electron chi connectivity index (χ1n) is 27.1. The van der Waals surface area contributed by atoms with Gasteiger partial charge in [0.25, 0.3) is 6.71 Å². The van der Waals surface area contributed by atoms with Gasteiger partial charge in [-0.2, -0.15) is 0 Å². The van der Waals surface area contributed by atoms with Gasteiger partial charge >= 0.3 is 0 Å². The van der Waals surface area contributed by atoms with E-state index in [1.807, 2.05) is 0 Å². The van der Waals surface area contributed by atoms with E-state index in [2.05, 4.69) is 222 Å². The minimum Gasteiger partial charge on any atom is -0.334 e. The predicted molar refractivity (Wildman–Crippen MR) is 301 cm³/mol. The standard InChI is InChI=1S/C66H76BN3/c1-59(2,3)40-23-25-52-45(31-40)46-32-42(61(7,8)9)35-50-57(46)68(52)54-37-44(69-53-26-24-41(60(4,5)6)33-48(53)63(13)28-19-20-29-65(63,69)15)38-55-56(54)67(50)51-36-43(62(10,11)12)34-49-58(51)70(55)66(16)47-22-18-17-21-39(47)27-30-64(49,66)14/h17-18,21-26,31-38H,19-20,27-30H2,1-16H3. The Kier molecular flexibility index (Phi) is 8.58. The van der Waals surface area contributed by atoms with E-state index in [1.165, 1.54) is 119 Å². The fourth-order valence-electron chi connectivity index (χ4n) is 15.5. The third-order valence-corrected chi connectivity index (χ3v) is 20.1. The lowest BCUT2D eigenvalue weighted by Crippen LogP contribution is -2.63. The first-order valence-corrected chi connectivity index (χ1v) is 27.1. The van der Waals surface area contributed by atoms with Crippen molar-refractivity contribution < 1.29 is 0 Å². The summed E-state index contributed by atoms with van der Waals surface area (Å²) in [4.78, 5) is 5.83. The topological polar surface area (TPSA) is 11.4 Å². The number of fused-ring (bicyclic) bond motifs is 15.